The molecule has 1 aliphatic rings. The molecule has 0 saturated carbocycles. The highest BCUT2D eigenvalue weighted by atomic mass is 16.7. The maximum Gasteiger partial charge on any atom is 0.337 e. The minimum Gasteiger partial charge on any atom is -0.452 e. The van der Waals surface area contributed by atoms with Crippen LogP contribution in [-0.4, -0.2) is 11.8 Å². The first-order chi connectivity index (χ1) is 7.44. The van der Waals surface area contributed by atoms with E-state index in [0.717, 1.165) is 0 Å². The first-order valence-electron chi connectivity index (χ1n) is 5.07. The van der Waals surface area contributed by atoms with E-state index >= 15 is 0 Å². The first kappa shape index (κ1) is 12.3. The summed E-state index contributed by atoms with van der Waals surface area (Å²) in [5, 5.41) is 0. The molecule has 3 heteroatoms. The van der Waals surface area contributed by atoms with E-state index < -0.39 is 11.8 Å². The van der Waals surface area contributed by atoms with Crippen LogP contribution < -0.4 is 0 Å². The number of cyclic esters (lactones) is 1. The Hall–Kier alpha value is -1.77. The van der Waals surface area contributed by atoms with Crippen LogP contribution in [0.3, 0.4) is 0 Å². The Morgan fingerprint density at radius 3 is 2.62 bits per heavy atom. The fourth-order valence-electron chi connectivity index (χ4n) is 1.22. The van der Waals surface area contributed by atoms with Crippen molar-refractivity contribution in [3.05, 3.63) is 48.3 Å². The van der Waals surface area contributed by atoms with Crippen molar-refractivity contribution in [2.24, 2.45) is 0 Å². The molecule has 0 saturated heterocycles. The number of carbonyl (C=O) groups excluding carboxylic acids is 1. The third-order valence-corrected chi connectivity index (χ3v) is 1.87. The molecule has 1 aliphatic heterocycles. The normalized spacial score (nSPS) is 19.4. The molecule has 0 unspecified atom stereocenters. The van der Waals surface area contributed by atoms with Gasteiger partial charge in [-0.25, -0.2) is 4.79 Å². The molecule has 86 valence electrons. The number of carbonyl (C=O) groups is 1. The van der Waals surface area contributed by atoms with Gasteiger partial charge in [0.2, 0.25) is 5.79 Å². The van der Waals surface area contributed by atoms with Crippen LogP contribution in [0.4, 0.5) is 0 Å². The topological polar surface area (TPSA) is 35.5 Å². The number of esters is 1. The summed E-state index contributed by atoms with van der Waals surface area (Å²) in [6.45, 7) is 9.11. The smallest absolute Gasteiger partial charge is 0.337 e. The zero-order valence-corrected chi connectivity index (χ0v) is 9.82. The number of hydrogen-bond donors (Lipinski definition) is 0. The molecular formula is C13H16O3. The van der Waals surface area contributed by atoms with Gasteiger partial charge in [-0.3, -0.25) is 0 Å². The molecule has 0 atom stereocenters. The highest BCUT2D eigenvalue weighted by molar-refractivity contribution is 5.84. The molecule has 0 aliphatic carbocycles. The molecular weight excluding hydrogens is 204 g/mol. The van der Waals surface area contributed by atoms with Gasteiger partial charge in [-0.05, 0) is 6.92 Å². The predicted octanol–water partition coefficient (Wildman–Crippen LogP) is 2.87. The maximum absolute atomic E-state index is 11.3. The number of ether oxygens (including phenoxy) is 2. The fraction of sp³-hybridized carbons (Fsp3) is 0.308. The summed E-state index contributed by atoms with van der Waals surface area (Å²) < 4.78 is 10.4. The second kappa shape index (κ2) is 4.84. The van der Waals surface area contributed by atoms with Gasteiger partial charge in [0, 0.05) is 19.4 Å². The van der Waals surface area contributed by atoms with E-state index in [-0.39, 0.29) is 0 Å². The van der Waals surface area contributed by atoms with Gasteiger partial charge >= 0.3 is 5.97 Å². The molecule has 0 aromatic rings. The van der Waals surface area contributed by atoms with E-state index in [1.165, 1.54) is 6.08 Å². The maximum atomic E-state index is 11.3. The molecule has 0 radical (unpaired) electrons. The summed E-state index contributed by atoms with van der Waals surface area (Å²) in [6.07, 6.45) is 8.68. The van der Waals surface area contributed by atoms with Crippen molar-refractivity contribution in [1.29, 1.82) is 0 Å². The van der Waals surface area contributed by atoms with Crippen molar-refractivity contribution < 1.29 is 14.3 Å². The Balaban J connectivity index is 2.80. The Kier molecular flexibility index (Phi) is 3.72. The average Bonchev–Trinajstić information content (AvgIpc) is 2.14. The summed E-state index contributed by atoms with van der Waals surface area (Å²) >= 11 is 0. The van der Waals surface area contributed by atoms with Crippen LogP contribution in [0.5, 0.6) is 0 Å². The molecule has 3 nitrogen and oxygen atoms in total. The van der Waals surface area contributed by atoms with Crippen molar-refractivity contribution in [3.63, 3.8) is 0 Å². The molecule has 0 aromatic heterocycles. The Bertz CT molecular complexity index is 384. The van der Waals surface area contributed by atoms with E-state index in [1.807, 2.05) is 25.2 Å². The van der Waals surface area contributed by atoms with Gasteiger partial charge in [0.1, 0.15) is 5.76 Å². The van der Waals surface area contributed by atoms with E-state index in [1.54, 1.807) is 19.9 Å². The third-order valence-electron chi connectivity index (χ3n) is 1.87. The summed E-state index contributed by atoms with van der Waals surface area (Å²) in [5.41, 5.74) is 0.642. The summed E-state index contributed by atoms with van der Waals surface area (Å²) in [4.78, 5) is 11.3. The molecule has 0 bridgehead atoms. The Labute approximate surface area is 95.7 Å². The zero-order chi connectivity index (χ0) is 12.2. The molecule has 0 N–H and O–H groups in total. The number of allylic oxidation sites excluding steroid dienone is 4. The fourth-order valence-corrected chi connectivity index (χ4v) is 1.22. The monoisotopic (exact) mass is 220 g/mol. The standard InChI is InChI=1S/C13H16O3/c1-5-6-7-8-10(2)11-9-12(14)16-13(3,4)15-11/h5-9H,2H2,1,3-4H3/b6-5-,8-7-. The van der Waals surface area contributed by atoms with E-state index in [2.05, 4.69) is 6.58 Å². The molecule has 0 fully saturated rings. The van der Waals surface area contributed by atoms with Crippen molar-refractivity contribution in [2.45, 2.75) is 26.6 Å². The van der Waals surface area contributed by atoms with Crippen LogP contribution in [0, 0.1) is 0 Å². The van der Waals surface area contributed by atoms with Gasteiger partial charge in [0.05, 0.1) is 6.08 Å². The number of hydrogen-bond acceptors (Lipinski definition) is 3. The second-order valence-electron chi connectivity index (χ2n) is 3.84. The number of rotatable bonds is 3. The van der Waals surface area contributed by atoms with E-state index in [9.17, 15) is 4.79 Å². The second-order valence-corrected chi connectivity index (χ2v) is 3.84. The largest absolute Gasteiger partial charge is 0.452 e. The molecule has 16 heavy (non-hydrogen) atoms. The minimum atomic E-state index is -0.932. The third kappa shape index (κ3) is 3.42. The van der Waals surface area contributed by atoms with E-state index in [4.69, 9.17) is 9.47 Å². The lowest BCUT2D eigenvalue weighted by atomic mass is 10.2. The highest BCUT2D eigenvalue weighted by Gasteiger charge is 2.30. The van der Waals surface area contributed by atoms with Crippen LogP contribution >= 0.6 is 0 Å². The quantitative estimate of drug-likeness (QED) is 0.542. The highest BCUT2D eigenvalue weighted by Crippen LogP contribution is 2.26. The van der Waals surface area contributed by atoms with Gasteiger partial charge in [0.25, 0.3) is 0 Å². The minimum absolute atomic E-state index is 0.410. The van der Waals surface area contributed by atoms with Gasteiger partial charge in [-0.1, -0.05) is 30.9 Å². The molecule has 0 amide bonds. The van der Waals surface area contributed by atoms with Crippen LogP contribution in [0.2, 0.25) is 0 Å². The average molecular weight is 220 g/mol. The van der Waals surface area contributed by atoms with Gasteiger partial charge in [-0.2, -0.15) is 0 Å². The lowest BCUT2D eigenvalue weighted by Crippen LogP contribution is -2.34. The lowest BCUT2D eigenvalue weighted by molar-refractivity contribution is -0.203. The van der Waals surface area contributed by atoms with Crippen LogP contribution in [0.25, 0.3) is 0 Å². The Morgan fingerprint density at radius 1 is 1.38 bits per heavy atom. The Morgan fingerprint density at radius 2 is 2.06 bits per heavy atom. The summed E-state index contributed by atoms with van der Waals surface area (Å²) in [6, 6.07) is 0. The molecule has 0 aromatic carbocycles. The van der Waals surface area contributed by atoms with Crippen molar-refractivity contribution in [2.75, 3.05) is 0 Å². The molecule has 1 heterocycles. The summed E-state index contributed by atoms with van der Waals surface area (Å²) in [7, 11) is 0. The van der Waals surface area contributed by atoms with Crippen LogP contribution in [0.15, 0.2) is 48.3 Å². The van der Waals surface area contributed by atoms with Crippen LogP contribution in [-0.2, 0) is 14.3 Å². The van der Waals surface area contributed by atoms with Crippen molar-refractivity contribution in [1.82, 2.24) is 0 Å². The zero-order valence-electron chi connectivity index (χ0n) is 9.82. The van der Waals surface area contributed by atoms with Gasteiger partial charge in [-0.15, -0.1) is 0 Å². The van der Waals surface area contributed by atoms with Crippen molar-refractivity contribution >= 4 is 5.97 Å². The summed E-state index contributed by atoms with van der Waals surface area (Å²) in [5.74, 6) is -0.896. The predicted molar refractivity (Wildman–Crippen MR) is 62.4 cm³/mol. The van der Waals surface area contributed by atoms with Crippen LogP contribution in [0.1, 0.15) is 20.8 Å². The molecule has 0 spiro atoms. The van der Waals surface area contributed by atoms with E-state index in [0.29, 0.717) is 11.3 Å². The molecule has 1 rings (SSSR count). The first-order valence-corrected chi connectivity index (χ1v) is 5.07. The van der Waals surface area contributed by atoms with Gasteiger partial charge in [0.15, 0.2) is 0 Å². The van der Waals surface area contributed by atoms with Gasteiger partial charge < -0.3 is 9.47 Å². The lowest BCUT2D eigenvalue weighted by Gasteiger charge is -2.30. The van der Waals surface area contributed by atoms with Crippen molar-refractivity contribution in [3.8, 4) is 0 Å². The SMILES string of the molecule is C=C(/C=C\C=C/C)C1=CC(=O)OC(C)(C)O1.